The molecular formula is C21H22ClFN4O2. The molecule has 1 N–H and O–H groups in total. The molecule has 1 saturated heterocycles. The van der Waals surface area contributed by atoms with Gasteiger partial charge in [0.05, 0.1) is 29.2 Å². The summed E-state index contributed by atoms with van der Waals surface area (Å²) in [5.74, 6) is 0.186. The third kappa shape index (κ3) is 4.06. The van der Waals surface area contributed by atoms with Crippen LogP contribution in [-0.2, 0) is 0 Å². The minimum Gasteiger partial charge on any atom is -0.468 e. The van der Waals surface area contributed by atoms with Gasteiger partial charge in [-0.2, -0.15) is 5.10 Å². The third-order valence-electron chi connectivity index (χ3n) is 5.21. The second kappa shape index (κ2) is 8.39. The summed E-state index contributed by atoms with van der Waals surface area (Å²) in [6, 6.07) is 9.54. The van der Waals surface area contributed by atoms with Crippen LogP contribution in [-0.4, -0.2) is 40.2 Å². The maximum Gasteiger partial charge on any atom is 0.256 e. The van der Waals surface area contributed by atoms with E-state index in [4.69, 9.17) is 16.0 Å². The molecule has 3 aromatic rings. The highest BCUT2D eigenvalue weighted by Gasteiger charge is 2.27. The number of rotatable bonds is 6. The Kier molecular flexibility index (Phi) is 5.69. The first-order valence-corrected chi connectivity index (χ1v) is 9.99. The highest BCUT2D eigenvalue weighted by Crippen LogP contribution is 2.26. The minimum atomic E-state index is -0.349. The Morgan fingerprint density at radius 3 is 2.66 bits per heavy atom. The van der Waals surface area contributed by atoms with Crippen molar-refractivity contribution in [1.82, 2.24) is 20.0 Å². The molecule has 8 heteroatoms. The average Bonchev–Trinajstić information content (AvgIpc) is 3.46. The number of nitrogens with zero attached hydrogens (tertiary/aromatic N) is 3. The van der Waals surface area contributed by atoms with Crippen LogP contribution in [0.25, 0.3) is 5.69 Å². The van der Waals surface area contributed by atoms with Gasteiger partial charge in [0.1, 0.15) is 16.7 Å². The van der Waals surface area contributed by atoms with Gasteiger partial charge in [-0.1, -0.05) is 11.6 Å². The van der Waals surface area contributed by atoms with Gasteiger partial charge in [0, 0.05) is 6.54 Å². The van der Waals surface area contributed by atoms with Crippen molar-refractivity contribution in [2.75, 3.05) is 19.6 Å². The lowest BCUT2D eigenvalue weighted by atomic mass is 10.2. The fourth-order valence-corrected chi connectivity index (χ4v) is 4.09. The molecule has 0 aliphatic carbocycles. The van der Waals surface area contributed by atoms with Gasteiger partial charge in [-0.15, -0.1) is 0 Å². The molecule has 152 valence electrons. The normalized spacial score (nSPS) is 15.6. The number of hydrogen-bond acceptors (Lipinski definition) is 4. The van der Waals surface area contributed by atoms with E-state index < -0.39 is 0 Å². The summed E-state index contributed by atoms with van der Waals surface area (Å²) in [5, 5.41) is 7.54. The van der Waals surface area contributed by atoms with Crippen LogP contribution in [0.1, 0.15) is 40.7 Å². The summed E-state index contributed by atoms with van der Waals surface area (Å²) in [7, 11) is 0. The summed E-state index contributed by atoms with van der Waals surface area (Å²) < 4.78 is 20.2. The number of likely N-dealkylation sites (tertiary alicyclic amines) is 1. The molecule has 4 rings (SSSR count). The Hall–Kier alpha value is -2.64. The zero-order chi connectivity index (χ0) is 20.4. The van der Waals surface area contributed by atoms with E-state index in [1.165, 1.54) is 16.8 Å². The fourth-order valence-electron chi connectivity index (χ4n) is 3.73. The molecule has 0 spiro atoms. The molecule has 1 atom stereocenters. The molecule has 1 fully saturated rings. The van der Waals surface area contributed by atoms with Crippen molar-refractivity contribution in [3.63, 3.8) is 0 Å². The number of halogens is 2. The van der Waals surface area contributed by atoms with Crippen LogP contribution in [0.15, 0.2) is 47.1 Å². The first kappa shape index (κ1) is 19.7. The zero-order valence-corrected chi connectivity index (χ0v) is 16.8. The van der Waals surface area contributed by atoms with Gasteiger partial charge in [-0.25, -0.2) is 9.07 Å². The van der Waals surface area contributed by atoms with Gasteiger partial charge < -0.3 is 9.73 Å². The molecule has 1 aliphatic heterocycles. The molecule has 3 heterocycles. The van der Waals surface area contributed by atoms with Crippen molar-refractivity contribution in [3.8, 4) is 5.69 Å². The standard InChI is InChI=1S/C21H22ClFN4O2/c1-14-19(20(22)27(25-14)16-8-6-15(23)7-9-16)21(28)24-13-17(18-5-4-12-29-18)26-10-2-3-11-26/h4-9,12,17H,2-3,10-11,13H2,1H3,(H,24,28). The quantitative estimate of drug-likeness (QED) is 0.656. The second-order valence-electron chi connectivity index (χ2n) is 7.12. The van der Waals surface area contributed by atoms with Crippen molar-refractivity contribution < 1.29 is 13.6 Å². The van der Waals surface area contributed by atoms with Crippen LogP contribution in [0.3, 0.4) is 0 Å². The lowest BCUT2D eigenvalue weighted by Gasteiger charge is -2.26. The number of carbonyl (C=O) groups is 1. The van der Waals surface area contributed by atoms with Crippen LogP contribution in [0, 0.1) is 12.7 Å². The molecule has 2 aromatic heterocycles. The van der Waals surface area contributed by atoms with E-state index in [-0.39, 0.29) is 22.9 Å². The lowest BCUT2D eigenvalue weighted by Crippen LogP contribution is -2.36. The van der Waals surface area contributed by atoms with E-state index in [1.807, 2.05) is 12.1 Å². The summed E-state index contributed by atoms with van der Waals surface area (Å²) in [6.45, 7) is 4.09. The molecule has 0 bridgehead atoms. The summed E-state index contributed by atoms with van der Waals surface area (Å²) in [5.41, 5.74) is 1.41. The highest BCUT2D eigenvalue weighted by atomic mass is 35.5. The Labute approximate surface area is 173 Å². The van der Waals surface area contributed by atoms with E-state index >= 15 is 0 Å². The van der Waals surface area contributed by atoms with Gasteiger partial charge in [0.2, 0.25) is 0 Å². The Balaban J connectivity index is 1.53. The maximum absolute atomic E-state index is 13.2. The van der Waals surface area contributed by atoms with Crippen LogP contribution < -0.4 is 5.32 Å². The number of furan rings is 1. The topological polar surface area (TPSA) is 63.3 Å². The van der Waals surface area contributed by atoms with Gasteiger partial charge >= 0.3 is 0 Å². The largest absolute Gasteiger partial charge is 0.468 e. The molecule has 1 unspecified atom stereocenters. The van der Waals surface area contributed by atoms with Crippen LogP contribution in [0.4, 0.5) is 4.39 Å². The number of amides is 1. The molecule has 1 aromatic carbocycles. The molecule has 1 aliphatic rings. The Morgan fingerprint density at radius 2 is 2.00 bits per heavy atom. The number of nitrogens with one attached hydrogen (secondary N) is 1. The van der Waals surface area contributed by atoms with Gasteiger partial charge in [0.15, 0.2) is 0 Å². The van der Waals surface area contributed by atoms with Crippen molar-refractivity contribution in [3.05, 3.63) is 70.6 Å². The van der Waals surface area contributed by atoms with E-state index in [9.17, 15) is 9.18 Å². The summed E-state index contributed by atoms with van der Waals surface area (Å²) in [4.78, 5) is 15.2. The SMILES string of the molecule is Cc1nn(-c2ccc(F)cc2)c(Cl)c1C(=O)NCC(c1ccco1)N1CCCC1. The first-order valence-electron chi connectivity index (χ1n) is 9.61. The monoisotopic (exact) mass is 416 g/mol. The van der Waals surface area contributed by atoms with Crippen molar-refractivity contribution in [2.45, 2.75) is 25.8 Å². The Morgan fingerprint density at radius 1 is 1.28 bits per heavy atom. The highest BCUT2D eigenvalue weighted by molar-refractivity contribution is 6.33. The number of hydrogen-bond donors (Lipinski definition) is 1. The van der Waals surface area contributed by atoms with Gasteiger partial charge in [0.25, 0.3) is 5.91 Å². The Bertz CT molecular complexity index is 979. The number of aromatic nitrogens is 2. The average molecular weight is 417 g/mol. The lowest BCUT2D eigenvalue weighted by molar-refractivity contribution is 0.0933. The molecule has 29 heavy (non-hydrogen) atoms. The van der Waals surface area contributed by atoms with Crippen LogP contribution in [0.2, 0.25) is 5.15 Å². The minimum absolute atomic E-state index is 0.0253. The molecule has 1 amide bonds. The summed E-state index contributed by atoms with van der Waals surface area (Å²) >= 11 is 6.46. The van der Waals surface area contributed by atoms with Crippen molar-refractivity contribution in [2.24, 2.45) is 0 Å². The predicted octanol–water partition coefficient (Wildman–Crippen LogP) is 4.13. The van der Waals surface area contributed by atoms with Crippen LogP contribution in [0.5, 0.6) is 0 Å². The number of aryl methyl sites for hydroxylation is 1. The molecular weight excluding hydrogens is 395 g/mol. The van der Waals surface area contributed by atoms with Crippen molar-refractivity contribution in [1.29, 1.82) is 0 Å². The van der Waals surface area contributed by atoms with Gasteiger partial charge in [-0.3, -0.25) is 9.69 Å². The van der Waals surface area contributed by atoms with Gasteiger partial charge in [-0.05, 0) is 69.3 Å². The predicted molar refractivity (Wildman–Crippen MR) is 108 cm³/mol. The van der Waals surface area contributed by atoms with E-state index in [0.717, 1.165) is 31.7 Å². The van der Waals surface area contributed by atoms with E-state index in [1.54, 1.807) is 25.3 Å². The molecule has 0 radical (unpaired) electrons. The maximum atomic E-state index is 13.2. The first-order chi connectivity index (χ1) is 14.0. The molecule has 0 saturated carbocycles. The van der Waals surface area contributed by atoms with Crippen molar-refractivity contribution >= 4 is 17.5 Å². The zero-order valence-electron chi connectivity index (χ0n) is 16.1. The van der Waals surface area contributed by atoms with E-state index in [0.29, 0.717) is 23.5 Å². The fraction of sp³-hybridized carbons (Fsp3) is 0.333. The number of benzene rings is 1. The smallest absolute Gasteiger partial charge is 0.256 e. The third-order valence-corrected chi connectivity index (χ3v) is 5.56. The van der Waals surface area contributed by atoms with E-state index in [2.05, 4.69) is 15.3 Å². The summed E-state index contributed by atoms with van der Waals surface area (Å²) in [6.07, 6.45) is 3.93. The molecule has 6 nitrogen and oxygen atoms in total. The van der Waals surface area contributed by atoms with Crippen LogP contribution >= 0.6 is 11.6 Å². The second-order valence-corrected chi connectivity index (χ2v) is 7.48. The number of carbonyl (C=O) groups excluding carboxylic acids is 1.